The summed E-state index contributed by atoms with van der Waals surface area (Å²) in [6.07, 6.45) is 5.88. The Morgan fingerprint density at radius 3 is 2.57 bits per heavy atom. The second-order valence-electron chi connectivity index (χ2n) is 6.63. The third-order valence-corrected chi connectivity index (χ3v) is 4.81. The van der Waals surface area contributed by atoms with Gasteiger partial charge in [-0.15, -0.1) is 0 Å². The highest BCUT2D eigenvalue weighted by Gasteiger charge is 2.25. The standard InChI is InChI=1S/C19H28N2O2/c1-2-14-23-18-6-5-13-21(15-18)19(22)16-7-9-17(10-8-16)20-11-3-4-12-20/h7-10,18H,2-6,11-15H2,1H3/t18-/m0/s1. The van der Waals surface area contributed by atoms with Gasteiger partial charge in [-0.2, -0.15) is 0 Å². The minimum absolute atomic E-state index is 0.141. The van der Waals surface area contributed by atoms with E-state index >= 15 is 0 Å². The Kier molecular flexibility index (Phi) is 5.55. The number of anilines is 1. The minimum atomic E-state index is 0.141. The molecule has 2 fully saturated rings. The lowest BCUT2D eigenvalue weighted by molar-refractivity contribution is 0.00211. The van der Waals surface area contributed by atoms with Gasteiger partial charge in [0.05, 0.1) is 6.10 Å². The van der Waals surface area contributed by atoms with Crippen LogP contribution in [0, 0.1) is 0 Å². The lowest BCUT2D eigenvalue weighted by Gasteiger charge is -2.32. The van der Waals surface area contributed by atoms with Gasteiger partial charge in [-0.25, -0.2) is 0 Å². The minimum Gasteiger partial charge on any atom is -0.376 e. The van der Waals surface area contributed by atoms with Crippen LogP contribution < -0.4 is 4.90 Å². The predicted molar refractivity (Wildman–Crippen MR) is 93.1 cm³/mol. The first-order valence-corrected chi connectivity index (χ1v) is 9.04. The molecular formula is C19H28N2O2. The van der Waals surface area contributed by atoms with Gasteiger partial charge in [0.2, 0.25) is 0 Å². The zero-order valence-corrected chi connectivity index (χ0v) is 14.2. The molecule has 1 aromatic carbocycles. The number of piperidine rings is 1. The van der Waals surface area contributed by atoms with Crippen molar-refractivity contribution in [2.45, 2.75) is 45.1 Å². The van der Waals surface area contributed by atoms with Gasteiger partial charge in [0.25, 0.3) is 5.91 Å². The van der Waals surface area contributed by atoms with Crippen LogP contribution >= 0.6 is 0 Å². The zero-order chi connectivity index (χ0) is 16.1. The zero-order valence-electron chi connectivity index (χ0n) is 14.2. The fourth-order valence-electron chi connectivity index (χ4n) is 3.52. The topological polar surface area (TPSA) is 32.8 Å². The monoisotopic (exact) mass is 316 g/mol. The molecule has 0 unspecified atom stereocenters. The van der Waals surface area contributed by atoms with Gasteiger partial charge < -0.3 is 14.5 Å². The number of ether oxygens (including phenoxy) is 1. The third kappa shape index (κ3) is 4.05. The average molecular weight is 316 g/mol. The summed E-state index contributed by atoms with van der Waals surface area (Å²) < 4.78 is 5.83. The van der Waals surface area contributed by atoms with Crippen LogP contribution in [0.3, 0.4) is 0 Å². The molecule has 1 atom stereocenters. The highest BCUT2D eigenvalue weighted by atomic mass is 16.5. The molecule has 2 heterocycles. The van der Waals surface area contributed by atoms with Crippen LogP contribution in [0.25, 0.3) is 0 Å². The Balaban J connectivity index is 1.60. The summed E-state index contributed by atoms with van der Waals surface area (Å²) in [5.74, 6) is 0.141. The Morgan fingerprint density at radius 1 is 1.13 bits per heavy atom. The number of likely N-dealkylation sites (tertiary alicyclic amines) is 1. The van der Waals surface area contributed by atoms with Gasteiger partial charge in [-0.1, -0.05) is 6.92 Å². The molecule has 2 saturated heterocycles. The van der Waals surface area contributed by atoms with Gasteiger partial charge >= 0.3 is 0 Å². The van der Waals surface area contributed by atoms with Gasteiger partial charge in [0, 0.05) is 44.0 Å². The molecule has 0 radical (unpaired) electrons. The molecule has 4 heteroatoms. The molecule has 0 aromatic heterocycles. The molecule has 3 rings (SSSR count). The predicted octanol–water partition coefficient (Wildman–Crippen LogP) is 3.32. The maximum absolute atomic E-state index is 12.7. The third-order valence-electron chi connectivity index (χ3n) is 4.81. The Morgan fingerprint density at radius 2 is 1.87 bits per heavy atom. The van der Waals surface area contributed by atoms with Crippen LogP contribution in [0.4, 0.5) is 5.69 Å². The van der Waals surface area contributed by atoms with Crippen LogP contribution in [-0.2, 0) is 4.74 Å². The molecule has 0 spiro atoms. The molecule has 1 amide bonds. The molecule has 4 nitrogen and oxygen atoms in total. The van der Waals surface area contributed by atoms with Crippen molar-refractivity contribution in [1.82, 2.24) is 4.90 Å². The molecule has 0 saturated carbocycles. The largest absolute Gasteiger partial charge is 0.376 e. The van der Waals surface area contributed by atoms with Gasteiger partial charge in [-0.3, -0.25) is 4.79 Å². The number of benzene rings is 1. The number of amides is 1. The normalized spacial score (nSPS) is 21.7. The highest BCUT2D eigenvalue weighted by Crippen LogP contribution is 2.22. The van der Waals surface area contributed by atoms with Gasteiger partial charge in [0.15, 0.2) is 0 Å². The van der Waals surface area contributed by atoms with E-state index in [0.717, 1.165) is 57.6 Å². The summed E-state index contributed by atoms with van der Waals surface area (Å²) in [5.41, 5.74) is 2.03. The summed E-state index contributed by atoms with van der Waals surface area (Å²) in [6, 6.07) is 8.14. The van der Waals surface area contributed by atoms with Crippen molar-refractivity contribution in [3.63, 3.8) is 0 Å². The molecule has 0 N–H and O–H groups in total. The van der Waals surface area contributed by atoms with Crippen molar-refractivity contribution in [2.24, 2.45) is 0 Å². The molecule has 2 aliphatic rings. The molecule has 0 bridgehead atoms. The van der Waals surface area contributed by atoms with Crippen molar-refractivity contribution in [2.75, 3.05) is 37.7 Å². The molecule has 126 valence electrons. The molecular weight excluding hydrogens is 288 g/mol. The van der Waals surface area contributed by atoms with Crippen molar-refractivity contribution < 1.29 is 9.53 Å². The van der Waals surface area contributed by atoms with E-state index in [0.29, 0.717) is 0 Å². The first-order chi connectivity index (χ1) is 11.3. The van der Waals surface area contributed by atoms with E-state index in [1.54, 1.807) is 0 Å². The fraction of sp³-hybridized carbons (Fsp3) is 0.632. The lowest BCUT2D eigenvalue weighted by Crippen LogP contribution is -2.43. The van der Waals surface area contributed by atoms with Crippen LogP contribution in [0.15, 0.2) is 24.3 Å². The SMILES string of the molecule is CCCO[C@H]1CCCN(C(=O)c2ccc(N3CCCC3)cc2)C1. The van der Waals surface area contributed by atoms with E-state index < -0.39 is 0 Å². The van der Waals surface area contributed by atoms with E-state index in [1.165, 1.54) is 18.5 Å². The van der Waals surface area contributed by atoms with Gasteiger partial charge in [-0.05, 0) is 56.4 Å². The average Bonchev–Trinajstić information content (AvgIpc) is 3.14. The summed E-state index contributed by atoms with van der Waals surface area (Å²) in [4.78, 5) is 17.1. The number of rotatable bonds is 5. The smallest absolute Gasteiger partial charge is 0.253 e. The quantitative estimate of drug-likeness (QED) is 0.835. The number of carbonyl (C=O) groups excluding carboxylic acids is 1. The highest BCUT2D eigenvalue weighted by molar-refractivity contribution is 5.94. The first-order valence-electron chi connectivity index (χ1n) is 9.04. The number of hydrogen-bond acceptors (Lipinski definition) is 3. The second-order valence-corrected chi connectivity index (χ2v) is 6.63. The molecule has 23 heavy (non-hydrogen) atoms. The lowest BCUT2D eigenvalue weighted by atomic mass is 10.1. The van der Waals surface area contributed by atoms with E-state index in [-0.39, 0.29) is 12.0 Å². The van der Waals surface area contributed by atoms with Crippen molar-refractivity contribution >= 4 is 11.6 Å². The number of nitrogens with zero attached hydrogens (tertiary/aromatic N) is 2. The molecule has 2 aliphatic heterocycles. The summed E-state index contributed by atoms with van der Waals surface area (Å²) >= 11 is 0. The molecule has 0 aliphatic carbocycles. The number of hydrogen-bond donors (Lipinski definition) is 0. The van der Waals surface area contributed by atoms with Crippen molar-refractivity contribution in [3.05, 3.63) is 29.8 Å². The first kappa shape index (κ1) is 16.3. The van der Waals surface area contributed by atoms with E-state index in [2.05, 4.69) is 24.0 Å². The Labute approximate surface area is 139 Å². The maximum atomic E-state index is 12.7. The number of carbonyl (C=O) groups is 1. The maximum Gasteiger partial charge on any atom is 0.253 e. The van der Waals surface area contributed by atoms with Crippen molar-refractivity contribution in [1.29, 1.82) is 0 Å². The summed E-state index contributed by atoms with van der Waals surface area (Å²) in [6.45, 7) is 6.75. The second kappa shape index (κ2) is 7.82. The Bertz CT molecular complexity index is 509. The van der Waals surface area contributed by atoms with E-state index in [4.69, 9.17) is 4.74 Å². The van der Waals surface area contributed by atoms with Crippen LogP contribution in [0.5, 0.6) is 0 Å². The summed E-state index contributed by atoms with van der Waals surface area (Å²) in [7, 11) is 0. The Hall–Kier alpha value is -1.55. The van der Waals surface area contributed by atoms with Crippen LogP contribution in [-0.4, -0.2) is 49.7 Å². The van der Waals surface area contributed by atoms with Crippen molar-refractivity contribution in [3.8, 4) is 0 Å². The summed E-state index contributed by atoms with van der Waals surface area (Å²) in [5, 5.41) is 0. The van der Waals surface area contributed by atoms with E-state index in [1.807, 2.05) is 17.0 Å². The van der Waals surface area contributed by atoms with Crippen LogP contribution in [0.1, 0.15) is 49.4 Å². The van der Waals surface area contributed by atoms with Crippen LogP contribution in [0.2, 0.25) is 0 Å². The fourth-order valence-corrected chi connectivity index (χ4v) is 3.52. The van der Waals surface area contributed by atoms with Gasteiger partial charge in [0.1, 0.15) is 0 Å². The van der Waals surface area contributed by atoms with E-state index in [9.17, 15) is 4.79 Å². The molecule has 1 aromatic rings.